The van der Waals surface area contributed by atoms with Gasteiger partial charge in [-0.15, -0.1) is 0 Å². The van der Waals surface area contributed by atoms with Gasteiger partial charge in [0.15, 0.2) is 0 Å². The van der Waals surface area contributed by atoms with Crippen LogP contribution in [0, 0.1) is 0 Å². The molecule has 64 heavy (non-hydrogen) atoms. The number of benzene rings is 8. The van der Waals surface area contributed by atoms with Gasteiger partial charge in [-0.1, -0.05) is 219 Å². The fourth-order valence-corrected chi connectivity index (χ4v) is 11.6. The molecule has 8 aromatic carbocycles. The summed E-state index contributed by atoms with van der Waals surface area (Å²) in [6.07, 6.45) is 1.76. The van der Waals surface area contributed by atoms with Crippen molar-refractivity contribution in [1.82, 2.24) is 0 Å². The lowest BCUT2D eigenvalue weighted by atomic mass is 9.66. The largest absolute Gasteiger partial charge is 0.456 e. The van der Waals surface area contributed by atoms with Crippen LogP contribution in [-0.4, -0.2) is 0 Å². The minimum absolute atomic E-state index is 0.0299. The number of rotatable bonds is 7. The van der Waals surface area contributed by atoms with E-state index in [-0.39, 0.29) is 22.2 Å². The number of hydrogen-bond donors (Lipinski definition) is 0. The lowest BCUT2D eigenvalue weighted by molar-refractivity contribution is 0.583. The molecule has 0 fully saturated rings. The van der Waals surface area contributed by atoms with Crippen LogP contribution in [0.25, 0.3) is 44.2 Å². The summed E-state index contributed by atoms with van der Waals surface area (Å²) in [6, 6.07) is 67.0. The summed E-state index contributed by atoms with van der Waals surface area (Å²) in [5.74, 6) is 0.137. The fraction of sp³-hybridized carbons (Fsp3) is 0.238. The van der Waals surface area contributed by atoms with Crippen molar-refractivity contribution in [2.75, 3.05) is 0 Å². The van der Waals surface area contributed by atoms with Gasteiger partial charge in [0.25, 0.3) is 0 Å². The molecule has 0 saturated carbocycles. The van der Waals surface area contributed by atoms with Crippen LogP contribution < -0.4 is 0 Å². The van der Waals surface area contributed by atoms with Crippen molar-refractivity contribution in [3.8, 4) is 22.3 Å². The highest BCUT2D eigenvalue weighted by Crippen LogP contribution is 2.60. The van der Waals surface area contributed by atoms with E-state index in [0.717, 1.165) is 24.0 Å². The fourth-order valence-electron chi connectivity index (χ4n) is 11.6. The van der Waals surface area contributed by atoms with Crippen molar-refractivity contribution < 1.29 is 4.42 Å². The van der Waals surface area contributed by atoms with Gasteiger partial charge in [0.2, 0.25) is 0 Å². The topological polar surface area (TPSA) is 13.1 Å². The van der Waals surface area contributed by atoms with E-state index in [0.29, 0.717) is 0 Å². The van der Waals surface area contributed by atoms with E-state index in [4.69, 9.17) is 4.42 Å². The first-order valence-electron chi connectivity index (χ1n) is 23.3. The zero-order chi connectivity index (χ0) is 44.2. The predicted molar refractivity (Wildman–Crippen MR) is 269 cm³/mol. The van der Waals surface area contributed by atoms with E-state index in [1.165, 1.54) is 94.2 Å². The monoisotopic (exact) mass is 830 g/mol. The molecule has 9 aromatic rings. The second kappa shape index (κ2) is 14.5. The molecule has 0 aliphatic heterocycles. The summed E-state index contributed by atoms with van der Waals surface area (Å²) < 4.78 is 6.55. The molecule has 2 aliphatic carbocycles. The number of fused-ring (bicyclic) bond motifs is 9. The molecule has 0 saturated heterocycles. The van der Waals surface area contributed by atoms with Gasteiger partial charge < -0.3 is 4.42 Å². The van der Waals surface area contributed by atoms with Crippen LogP contribution in [-0.2, 0) is 34.5 Å². The lowest BCUT2D eigenvalue weighted by Gasteiger charge is -2.36. The smallest absolute Gasteiger partial charge is 0.135 e. The SMILES string of the molecule is CC(C)(C)c1ccc2c(c1)C(c1ccccc1)(c1ccccc1)c1cc(C(C)(C)C)cc(C(Cc3ccc4c(c3)C(C)(C)c3ccccc3-4)Cc3cccc4oc5ccccc5c34)c1-2. The molecular weight excluding hydrogens is 773 g/mol. The van der Waals surface area contributed by atoms with E-state index in [9.17, 15) is 0 Å². The Kier molecular flexibility index (Phi) is 9.17. The van der Waals surface area contributed by atoms with E-state index in [1.807, 2.05) is 0 Å². The van der Waals surface area contributed by atoms with Gasteiger partial charge in [0, 0.05) is 16.2 Å². The summed E-state index contributed by atoms with van der Waals surface area (Å²) in [7, 11) is 0. The Morgan fingerprint density at radius 2 is 1.08 bits per heavy atom. The van der Waals surface area contributed by atoms with Crippen molar-refractivity contribution in [2.45, 2.75) is 95.8 Å². The molecule has 1 nitrogen and oxygen atoms in total. The van der Waals surface area contributed by atoms with E-state index >= 15 is 0 Å². The summed E-state index contributed by atoms with van der Waals surface area (Å²) in [5.41, 5.74) is 21.7. The molecule has 0 amide bonds. The molecule has 1 heterocycles. The Labute approximate surface area is 379 Å². The molecule has 0 radical (unpaired) electrons. The third kappa shape index (κ3) is 6.18. The van der Waals surface area contributed by atoms with Gasteiger partial charge in [0.05, 0.1) is 5.41 Å². The quantitative estimate of drug-likeness (QED) is 0.156. The lowest BCUT2D eigenvalue weighted by Crippen LogP contribution is -2.30. The molecule has 316 valence electrons. The minimum atomic E-state index is -0.529. The second-order valence-corrected chi connectivity index (χ2v) is 21.3. The second-order valence-electron chi connectivity index (χ2n) is 21.3. The van der Waals surface area contributed by atoms with Crippen LogP contribution in [0.2, 0.25) is 0 Å². The average molecular weight is 831 g/mol. The first-order valence-corrected chi connectivity index (χ1v) is 23.3. The normalized spacial score (nSPS) is 15.2. The van der Waals surface area contributed by atoms with E-state index in [2.05, 4.69) is 231 Å². The van der Waals surface area contributed by atoms with Crippen LogP contribution in [0.5, 0.6) is 0 Å². The van der Waals surface area contributed by atoms with Crippen molar-refractivity contribution in [2.24, 2.45) is 0 Å². The third-order valence-corrected chi connectivity index (χ3v) is 14.9. The van der Waals surface area contributed by atoms with Crippen molar-refractivity contribution in [3.05, 3.63) is 237 Å². The Bertz CT molecular complexity index is 3210. The number of para-hydroxylation sites is 1. The van der Waals surface area contributed by atoms with Gasteiger partial charge in [-0.05, 0) is 125 Å². The van der Waals surface area contributed by atoms with E-state index in [1.54, 1.807) is 0 Å². The molecule has 1 unspecified atom stereocenters. The highest BCUT2D eigenvalue weighted by molar-refractivity contribution is 6.06. The van der Waals surface area contributed by atoms with Gasteiger partial charge in [-0.25, -0.2) is 0 Å². The Hall–Kier alpha value is -6.44. The van der Waals surface area contributed by atoms with Gasteiger partial charge >= 0.3 is 0 Å². The first-order chi connectivity index (χ1) is 30.7. The standard InChI is InChI=1S/C63H58O/c1-60(2,3)45-31-33-49-54(38-45)63(43-21-11-9-12-22-43,44-23-13-10-14-24-44)55-39-46(61(4,5)6)37-51(59(49)55)42(36-41-20-19-29-57-58(41)50-26-16-18-28-56(50)64-57)34-40-30-32-48-47-25-15-17-27-52(47)62(7,8)53(48)35-40/h9-33,35,37-39,42H,34,36H2,1-8H3. The molecule has 0 spiro atoms. The summed E-state index contributed by atoms with van der Waals surface area (Å²) >= 11 is 0. The Morgan fingerprint density at radius 1 is 0.469 bits per heavy atom. The predicted octanol–water partition coefficient (Wildman–Crippen LogP) is 16.4. The molecule has 2 aliphatic rings. The minimum Gasteiger partial charge on any atom is -0.456 e. The van der Waals surface area contributed by atoms with E-state index < -0.39 is 5.41 Å². The first kappa shape index (κ1) is 40.3. The third-order valence-electron chi connectivity index (χ3n) is 14.9. The van der Waals surface area contributed by atoms with Gasteiger partial charge in [-0.3, -0.25) is 0 Å². The Morgan fingerprint density at radius 3 is 1.80 bits per heavy atom. The van der Waals surface area contributed by atoms with Crippen LogP contribution in [0.1, 0.15) is 123 Å². The van der Waals surface area contributed by atoms with Gasteiger partial charge in [0.1, 0.15) is 11.2 Å². The summed E-state index contributed by atoms with van der Waals surface area (Å²) in [6.45, 7) is 19.0. The maximum Gasteiger partial charge on any atom is 0.135 e. The molecule has 11 rings (SSSR count). The molecule has 1 aromatic heterocycles. The highest BCUT2D eigenvalue weighted by atomic mass is 16.3. The zero-order valence-electron chi connectivity index (χ0n) is 38.6. The van der Waals surface area contributed by atoms with Crippen molar-refractivity contribution in [1.29, 1.82) is 0 Å². The zero-order valence-corrected chi connectivity index (χ0v) is 38.6. The number of hydrogen-bond acceptors (Lipinski definition) is 1. The Balaban J connectivity index is 1.22. The van der Waals surface area contributed by atoms with Crippen molar-refractivity contribution in [3.63, 3.8) is 0 Å². The highest BCUT2D eigenvalue weighted by Gasteiger charge is 2.48. The van der Waals surface area contributed by atoms with Crippen LogP contribution in [0.4, 0.5) is 0 Å². The molecule has 0 N–H and O–H groups in total. The molecule has 1 heteroatoms. The average Bonchev–Trinajstić information content (AvgIpc) is 3.90. The number of furan rings is 1. The van der Waals surface area contributed by atoms with Crippen LogP contribution >= 0.6 is 0 Å². The van der Waals surface area contributed by atoms with Crippen LogP contribution in [0.3, 0.4) is 0 Å². The summed E-state index contributed by atoms with van der Waals surface area (Å²) in [5, 5.41) is 2.42. The molecule has 1 atom stereocenters. The van der Waals surface area contributed by atoms with Gasteiger partial charge in [-0.2, -0.15) is 0 Å². The summed E-state index contributed by atoms with van der Waals surface area (Å²) in [4.78, 5) is 0. The van der Waals surface area contributed by atoms with Crippen molar-refractivity contribution >= 4 is 21.9 Å². The van der Waals surface area contributed by atoms with Crippen LogP contribution in [0.15, 0.2) is 180 Å². The maximum absolute atomic E-state index is 6.55. The maximum atomic E-state index is 6.55. The molecular formula is C63H58O. The molecule has 0 bridgehead atoms.